The highest BCUT2D eigenvalue weighted by atomic mass is 35.5. The van der Waals surface area contributed by atoms with Crippen molar-refractivity contribution in [1.29, 1.82) is 0 Å². The zero-order valence-electron chi connectivity index (χ0n) is 8.21. The van der Waals surface area contributed by atoms with Crippen LogP contribution in [0.1, 0.15) is 11.1 Å². The molecular formula is C9H5ClF6O. The van der Waals surface area contributed by atoms with E-state index in [2.05, 4.69) is 4.74 Å². The van der Waals surface area contributed by atoms with E-state index in [1.54, 1.807) is 0 Å². The zero-order valence-corrected chi connectivity index (χ0v) is 8.96. The Hall–Kier alpha value is -1.11. The van der Waals surface area contributed by atoms with Crippen molar-refractivity contribution in [2.24, 2.45) is 0 Å². The maximum Gasteiger partial charge on any atom is 0.573 e. The summed E-state index contributed by atoms with van der Waals surface area (Å²) in [7, 11) is 0. The number of hydrogen-bond acceptors (Lipinski definition) is 1. The van der Waals surface area contributed by atoms with Gasteiger partial charge < -0.3 is 4.74 Å². The second-order valence-corrected chi connectivity index (χ2v) is 3.53. The maximum absolute atomic E-state index is 12.4. The molecule has 1 aromatic rings. The molecule has 17 heavy (non-hydrogen) atoms. The second kappa shape index (κ2) is 4.29. The highest BCUT2D eigenvalue weighted by Crippen LogP contribution is 2.39. The predicted octanol–water partition coefficient (Wildman–Crippen LogP) is 4.57. The van der Waals surface area contributed by atoms with Crippen LogP contribution in [0.4, 0.5) is 26.3 Å². The molecule has 0 fully saturated rings. The Balaban J connectivity index is 3.25. The molecule has 0 saturated heterocycles. The van der Waals surface area contributed by atoms with E-state index in [1.165, 1.54) is 0 Å². The fourth-order valence-corrected chi connectivity index (χ4v) is 1.35. The molecule has 0 radical (unpaired) electrons. The van der Waals surface area contributed by atoms with Crippen molar-refractivity contribution in [2.75, 3.05) is 0 Å². The summed E-state index contributed by atoms with van der Waals surface area (Å²) in [6.45, 7) is 1.15. The minimum Gasteiger partial charge on any atom is -0.406 e. The summed E-state index contributed by atoms with van der Waals surface area (Å²) in [5, 5.41) is -0.646. The van der Waals surface area contributed by atoms with Crippen LogP contribution in [0.2, 0.25) is 5.02 Å². The van der Waals surface area contributed by atoms with Gasteiger partial charge in [0.25, 0.3) is 0 Å². The Kier molecular flexibility index (Phi) is 3.52. The van der Waals surface area contributed by atoms with Gasteiger partial charge in [0.2, 0.25) is 0 Å². The largest absolute Gasteiger partial charge is 0.573 e. The Bertz CT molecular complexity index is 423. The third-order valence-corrected chi connectivity index (χ3v) is 2.27. The van der Waals surface area contributed by atoms with Crippen molar-refractivity contribution in [1.82, 2.24) is 0 Å². The van der Waals surface area contributed by atoms with E-state index in [1.807, 2.05) is 0 Å². The van der Waals surface area contributed by atoms with Crippen molar-refractivity contribution in [3.8, 4) is 5.75 Å². The van der Waals surface area contributed by atoms with Gasteiger partial charge in [0, 0.05) is 0 Å². The quantitative estimate of drug-likeness (QED) is 0.684. The van der Waals surface area contributed by atoms with Gasteiger partial charge >= 0.3 is 12.5 Å². The molecule has 0 N–H and O–H groups in total. The first-order chi connectivity index (χ1) is 7.50. The zero-order chi connectivity index (χ0) is 13.4. The van der Waals surface area contributed by atoms with Crippen molar-refractivity contribution >= 4 is 11.6 Å². The smallest absolute Gasteiger partial charge is 0.406 e. The van der Waals surface area contributed by atoms with Crippen molar-refractivity contribution in [3.05, 3.63) is 28.3 Å². The minimum absolute atomic E-state index is 0.152. The van der Waals surface area contributed by atoms with E-state index in [9.17, 15) is 26.3 Å². The molecule has 96 valence electrons. The Morgan fingerprint density at radius 2 is 1.59 bits per heavy atom. The lowest BCUT2D eigenvalue weighted by molar-refractivity contribution is -0.274. The van der Waals surface area contributed by atoms with Crippen molar-refractivity contribution in [2.45, 2.75) is 19.5 Å². The molecule has 0 heterocycles. The highest BCUT2D eigenvalue weighted by molar-refractivity contribution is 6.32. The summed E-state index contributed by atoms with van der Waals surface area (Å²) in [5.74, 6) is -0.952. The lowest BCUT2D eigenvalue weighted by Crippen LogP contribution is -2.18. The number of alkyl halides is 6. The molecule has 1 rings (SSSR count). The number of halogens is 7. The Morgan fingerprint density at radius 1 is 1.06 bits per heavy atom. The van der Waals surface area contributed by atoms with Crippen LogP contribution in [-0.4, -0.2) is 6.36 Å². The fourth-order valence-electron chi connectivity index (χ4n) is 1.14. The number of rotatable bonds is 1. The van der Waals surface area contributed by atoms with Gasteiger partial charge in [-0.3, -0.25) is 0 Å². The minimum atomic E-state index is -5.05. The molecular weight excluding hydrogens is 274 g/mol. The molecule has 0 aromatic heterocycles. The summed E-state index contributed by atoms with van der Waals surface area (Å²) in [6.07, 6.45) is -9.89. The van der Waals surface area contributed by atoms with Gasteiger partial charge in [0.1, 0.15) is 5.75 Å². The Labute approximate surface area is 96.9 Å². The normalized spacial score (nSPS) is 12.7. The van der Waals surface area contributed by atoms with Crippen LogP contribution in [0.5, 0.6) is 5.75 Å². The summed E-state index contributed by atoms with van der Waals surface area (Å²) >= 11 is 5.36. The van der Waals surface area contributed by atoms with Crippen LogP contribution in [0.25, 0.3) is 0 Å². The van der Waals surface area contributed by atoms with E-state index < -0.39 is 28.9 Å². The number of ether oxygens (including phenoxy) is 1. The molecule has 1 aromatic carbocycles. The fraction of sp³-hybridized carbons (Fsp3) is 0.333. The van der Waals surface area contributed by atoms with Crippen LogP contribution in [0.3, 0.4) is 0 Å². The van der Waals surface area contributed by atoms with E-state index in [-0.39, 0.29) is 11.6 Å². The molecule has 1 nitrogen and oxygen atoms in total. The molecule has 8 heteroatoms. The highest BCUT2D eigenvalue weighted by Gasteiger charge is 2.36. The monoisotopic (exact) mass is 278 g/mol. The van der Waals surface area contributed by atoms with E-state index in [4.69, 9.17) is 11.6 Å². The maximum atomic E-state index is 12.4. The van der Waals surface area contributed by atoms with Gasteiger partial charge in [-0.25, -0.2) is 0 Å². The SMILES string of the molecule is Cc1cc(OC(F)(F)F)cc(C(F)(F)F)c1Cl. The first-order valence-corrected chi connectivity index (χ1v) is 4.51. The van der Waals surface area contributed by atoms with E-state index in [0.29, 0.717) is 0 Å². The summed E-state index contributed by atoms with van der Waals surface area (Å²) < 4.78 is 76.3. The van der Waals surface area contributed by atoms with E-state index in [0.717, 1.165) is 13.0 Å². The van der Waals surface area contributed by atoms with Gasteiger partial charge in [-0.15, -0.1) is 13.2 Å². The van der Waals surface area contributed by atoms with Gasteiger partial charge in [-0.1, -0.05) is 11.6 Å². The summed E-state index contributed by atoms with van der Waals surface area (Å²) in [4.78, 5) is 0. The lowest BCUT2D eigenvalue weighted by Gasteiger charge is -2.15. The average molecular weight is 279 g/mol. The van der Waals surface area contributed by atoms with Gasteiger partial charge in [0.05, 0.1) is 10.6 Å². The molecule has 0 aliphatic heterocycles. The third-order valence-electron chi connectivity index (χ3n) is 1.77. The number of hydrogen-bond donors (Lipinski definition) is 0. The van der Waals surface area contributed by atoms with Crippen LogP contribution in [0.15, 0.2) is 12.1 Å². The van der Waals surface area contributed by atoms with Crippen LogP contribution in [-0.2, 0) is 6.18 Å². The third kappa shape index (κ3) is 3.69. The van der Waals surface area contributed by atoms with Gasteiger partial charge in [0.15, 0.2) is 0 Å². The first kappa shape index (κ1) is 14.0. The van der Waals surface area contributed by atoms with Crippen LogP contribution in [0, 0.1) is 6.92 Å². The first-order valence-electron chi connectivity index (χ1n) is 4.14. The number of aryl methyl sites for hydroxylation is 1. The molecule has 0 atom stereocenters. The molecule has 0 bridgehead atoms. The molecule has 0 spiro atoms. The summed E-state index contributed by atoms with van der Waals surface area (Å²) in [5.41, 5.74) is -1.51. The van der Waals surface area contributed by atoms with Crippen LogP contribution >= 0.6 is 11.6 Å². The number of benzene rings is 1. The molecule has 0 saturated carbocycles. The standard InChI is InChI=1S/C9H5ClF6O/c1-4-2-5(17-9(14,15)16)3-6(7(4)10)8(11,12)13/h2-3H,1H3. The lowest BCUT2D eigenvalue weighted by atomic mass is 10.1. The second-order valence-electron chi connectivity index (χ2n) is 3.15. The molecule has 0 aliphatic carbocycles. The van der Waals surface area contributed by atoms with Gasteiger partial charge in [-0.2, -0.15) is 13.2 Å². The summed E-state index contributed by atoms with van der Waals surface area (Å²) in [6, 6.07) is 0.994. The molecule has 0 unspecified atom stereocenters. The van der Waals surface area contributed by atoms with Gasteiger partial charge in [-0.05, 0) is 24.6 Å². The van der Waals surface area contributed by atoms with Crippen molar-refractivity contribution < 1.29 is 31.1 Å². The van der Waals surface area contributed by atoms with Crippen molar-refractivity contribution in [3.63, 3.8) is 0 Å². The topological polar surface area (TPSA) is 9.23 Å². The predicted molar refractivity (Wildman–Crippen MR) is 47.9 cm³/mol. The molecule has 0 amide bonds. The molecule has 0 aliphatic rings. The average Bonchev–Trinajstić information content (AvgIpc) is 2.06. The van der Waals surface area contributed by atoms with Crippen LogP contribution < -0.4 is 4.74 Å². The Morgan fingerprint density at radius 3 is 2.00 bits per heavy atom. The van der Waals surface area contributed by atoms with E-state index >= 15 is 0 Å².